The molecule has 0 aliphatic heterocycles. The second-order valence-electron chi connectivity index (χ2n) is 3.54. The molecule has 0 spiro atoms. The summed E-state index contributed by atoms with van der Waals surface area (Å²) in [6, 6.07) is 3.75. The fourth-order valence-electron chi connectivity index (χ4n) is 1.39. The molecule has 2 heterocycles. The van der Waals surface area contributed by atoms with Gasteiger partial charge in [0, 0.05) is 18.5 Å². The molecule has 0 fully saturated rings. The minimum Gasteiger partial charge on any atom is -0.475 e. The van der Waals surface area contributed by atoms with E-state index in [4.69, 9.17) is 9.47 Å². The highest BCUT2D eigenvalue weighted by molar-refractivity contribution is 5.31. The van der Waals surface area contributed by atoms with E-state index in [0.29, 0.717) is 25.7 Å². The van der Waals surface area contributed by atoms with Gasteiger partial charge in [0.05, 0.1) is 31.4 Å². The van der Waals surface area contributed by atoms with Gasteiger partial charge in [0.25, 0.3) is 0 Å². The van der Waals surface area contributed by atoms with Crippen molar-refractivity contribution in [3.05, 3.63) is 49.7 Å². The highest BCUT2D eigenvalue weighted by Gasteiger charge is 1.98. The molecule has 0 saturated heterocycles. The Hall–Kier alpha value is -2.14. The van der Waals surface area contributed by atoms with Gasteiger partial charge < -0.3 is 14.0 Å². The lowest BCUT2D eigenvalue weighted by atomic mass is 10.4. The van der Waals surface area contributed by atoms with E-state index in [-0.39, 0.29) is 0 Å². The van der Waals surface area contributed by atoms with E-state index < -0.39 is 0 Å². The first kappa shape index (κ1) is 12.3. The maximum Gasteiger partial charge on any atom is 0.213 e. The third-order valence-corrected chi connectivity index (χ3v) is 2.24. The molecule has 5 heteroatoms. The number of rotatable bonds is 7. The number of hydrogen-bond donors (Lipinski definition) is 0. The topological polar surface area (TPSA) is 49.2 Å². The summed E-state index contributed by atoms with van der Waals surface area (Å²) >= 11 is 0. The van der Waals surface area contributed by atoms with Crippen molar-refractivity contribution >= 4 is 0 Å². The lowest BCUT2D eigenvalue weighted by Gasteiger charge is -2.06. The summed E-state index contributed by atoms with van der Waals surface area (Å²) in [6.45, 7) is 5.11. The van der Waals surface area contributed by atoms with Crippen LogP contribution in [0.3, 0.4) is 0 Å². The number of ether oxygens (including phenoxy) is 2. The lowest BCUT2D eigenvalue weighted by molar-refractivity contribution is 0.119. The predicted molar refractivity (Wildman–Crippen MR) is 67.9 cm³/mol. The molecule has 5 nitrogen and oxygen atoms in total. The van der Waals surface area contributed by atoms with E-state index in [1.165, 1.54) is 0 Å². The summed E-state index contributed by atoms with van der Waals surface area (Å²) in [4.78, 5) is 8.18. The first-order valence-corrected chi connectivity index (χ1v) is 5.66. The third-order valence-electron chi connectivity index (χ3n) is 2.24. The molecule has 0 aliphatic rings. The maximum atomic E-state index is 5.43. The van der Waals surface area contributed by atoms with E-state index >= 15 is 0 Å². The van der Waals surface area contributed by atoms with Gasteiger partial charge in [-0.1, -0.05) is 6.08 Å². The molecule has 94 valence electrons. The smallest absolute Gasteiger partial charge is 0.213 e. The Morgan fingerprint density at radius 3 is 2.94 bits per heavy atom. The molecular formula is C13H15N3O2. The summed E-state index contributed by atoms with van der Waals surface area (Å²) in [6.07, 6.45) is 8.75. The van der Waals surface area contributed by atoms with Crippen LogP contribution in [0.2, 0.25) is 0 Å². The van der Waals surface area contributed by atoms with Crippen molar-refractivity contribution in [2.75, 3.05) is 19.8 Å². The van der Waals surface area contributed by atoms with E-state index in [9.17, 15) is 0 Å². The first-order valence-electron chi connectivity index (χ1n) is 5.66. The van der Waals surface area contributed by atoms with E-state index in [2.05, 4.69) is 16.5 Å². The number of imidazole rings is 1. The van der Waals surface area contributed by atoms with Gasteiger partial charge >= 0.3 is 0 Å². The zero-order chi connectivity index (χ0) is 12.6. The second-order valence-corrected chi connectivity index (χ2v) is 3.54. The van der Waals surface area contributed by atoms with Crippen molar-refractivity contribution in [1.29, 1.82) is 0 Å². The van der Waals surface area contributed by atoms with Crippen molar-refractivity contribution in [3.63, 3.8) is 0 Å². The quantitative estimate of drug-likeness (QED) is 0.551. The molecule has 2 aromatic heterocycles. The Balaban J connectivity index is 1.82. The summed E-state index contributed by atoms with van der Waals surface area (Å²) in [7, 11) is 0. The highest BCUT2D eigenvalue weighted by atomic mass is 16.5. The maximum absolute atomic E-state index is 5.43. The standard InChI is InChI=1S/C13H15N3O2/c1-2-7-17-8-9-18-13-4-3-12(10-15-13)16-6-5-14-11-16/h2-6,10-11H,1,7-9H2. The van der Waals surface area contributed by atoms with Crippen LogP contribution >= 0.6 is 0 Å². The SMILES string of the molecule is C=CCOCCOc1ccc(-n2ccnc2)cn1. The number of aromatic nitrogens is 3. The summed E-state index contributed by atoms with van der Waals surface area (Å²) in [5.74, 6) is 0.584. The molecule has 2 rings (SSSR count). The van der Waals surface area contributed by atoms with Crippen LogP contribution in [-0.4, -0.2) is 34.4 Å². The van der Waals surface area contributed by atoms with Gasteiger partial charge in [-0.15, -0.1) is 6.58 Å². The normalized spacial score (nSPS) is 10.2. The molecule has 0 N–H and O–H groups in total. The van der Waals surface area contributed by atoms with Gasteiger partial charge in [-0.3, -0.25) is 0 Å². The van der Waals surface area contributed by atoms with Gasteiger partial charge in [-0.2, -0.15) is 0 Å². The van der Waals surface area contributed by atoms with Crippen LogP contribution < -0.4 is 4.74 Å². The Morgan fingerprint density at radius 1 is 1.33 bits per heavy atom. The number of pyridine rings is 1. The molecule has 0 bridgehead atoms. The van der Waals surface area contributed by atoms with Crippen molar-refractivity contribution in [1.82, 2.24) is 14.5 Å². The molecule has 0 amide bonds. The van der Waals surface area contributed by atoms with Crippen LogP contribution in [0.1, 0.15) is 0 Å². The highest BCUT2D eigenvalue weighted by Crippen LogP contribution is 2.10. The lowest BCUT2D eigenvalue weighted by Crippen LogP contribution is -2.07. The van der Waals surface area contributed by atoms with Gasteiger partial charge in [0.2, 0.25) is 5.88 Å². The van der Waals surface area contributed by atoms with Gasteiger partial charge in [0.15, 0.2) is 0 Å². The Labute approximate surface area is 106 Å². The third kappa shape index (κ3) is 3.43. The Kier molecular flexibility index (Phi) is 4.49. The van der Waals surface area contributed by atoms with Crippen LogP contribution in [0.25, 0.3) is 5.69 Å². The van der Waals surface area contributed by atoms with Crippen LogP contribution in [0.4, 0.5) is 0 Å². The molecule has 18 heavy (non-hydrogen) atoms. The number of nitrogens with zero attached hydrogens (tertiary/aromatic N) is 3. The first-order chi connectivity index (χ1) is 8.90. The van der Waals surface area contributed by atoms with E-state index in [1.807, 2.05) is 22.9 Å². The van der Waals surface area contributed by atoms with Gasteiger partial charge in [-0.05, 0) is 6.07 Å². The second kappa shape index (κ2) is 6.56. The Bertz CT molecular complexity index is 465. The molecule has 0 unspecified atom stereocenters. The van der Waals surface area contributed by atoms with Crippen molar-refractivity contribution in [2.45, 2.75) is 0 Å². The average Bonchev–Trinajstić information content (AvgIpc) is 2.93. The fourth-order valence-corrected chi connectivity index (χ4v) is 1.39. The number of hydrogen-bond acceptors (Lipinski definition) is 4. The fraction of sp³-hybridized carbons (Fsp3) is 0.231. The largest absolute Gasteiger partial charge is 0.475 e. The van der Waals surface area contributed by atoms with Crippen molar-refractivity contribution in [2.24, 2.45) is 0 Å². The molecule has 0 radical (unpaired) electrons. The summed E-state index contributed by atoms with van der Waals surface area (Å²) in [5, 5.41) is 0. The van der Waals surface area contributed by atoms with Crippen molar-refractivity contribution in [3.8, 4) is 11.6 Å². The van der Waals surface area contributed by atoms with Crippen LogP contribution in [-0.2, 0) is 4.74 Å². The molecular weight excluding hydrogens is 230 g/mol. The Morgan fingerprint density at radius 2 is 2.28 bits per heavy atom. The van der Waals surface area contributed by atoms with Crippen LogP contribution in [0.15, 0.2) is 49.7 Å². The van der Waals surface area contributed by atoms with Crippen LogP contribution in [0, 0.1) is 0 Å². The molecule has 0 aliphatic carbocycles. The summed E-state index contributed by atoms with van der Waals surface area (Å²) < 4.78 is 12.5. The zero-order valence-electron chi connectivity index (χ0n) is 10.0. The molecule has 0 saturated carbocycles. The molecule has 0 aromatic carbocycles. The predicted octanol–water partition coefficient (Wildman–Crippen LogP) is 1.85. The monoisotopic (exact) mass is 245 g/mol. The van der Waals surface area contributed by atoms with E-state index in [0.717, 1.165) is 5.69 Å². The van der Waals surface area contributed by atoms with E-state index in [1.54, 1.807) is 24.8 Å². The van der Waals surface area contributed by atoms with Crippen molar-refractivity contribution < 1.29 is 9.47 Å². The van der Waals surface area contributed by atoms with Gasteiger partial charge in [0.1, 0.15) is 6.61 Å². The average molecular weight is 245 g/mol. The molecule has 0 atom stereocenters. The minimum atomic E-state index is 0.477. The summed E-state index contributed by atoms with van der Waals surface area (Å²) in [5.41, 5.74) is 0.947. The van der Waals surface area contributed by atoms with Gasteiger partial charge in [-0.25, -0.2) is 9.97 Å². The molecule has 2 aromatic rings. The zero-order valence-corrected chi connectivity index (χ0v) is 10.0. The minimum absolute atomic E-state index is 0.477. The van der Waals surface area contributed by atoms with Crippen LogP contribution in [0.5, 0.6) is 5.88 Å².